The van der Waals surface area contributed by atoms with Crippen LogP contribution < -0.4 is 0 Å². The molecule has 5 fully saturated rings. The van der Waals surface area contributed by atoms with E-state index in [1.165, 1.54) is 12.8 Å². The van der Waals surface area contributed by atoms with E-state index in [2.05, 4.69) is 12.1 Å². The number of fused-ring (bicyclic) bond motifs is 1. The zero-order valence-electron chi connectivity index (χ0n) is 14.5. The molecule has 2 aliphatic carbocycles. The Morgan fingerprint density at radius 3 is 2.48 bits per heavy atom. The molecular weight excluding hydrogens is 316 g/mol. The van der Waals surface area contributed by atoms with E-state index >= 15 is 0 Å². The van der Waals surface area contributed by atoms with Crippen LogP contribution in [0, 0.1) is 5.92 Å². The van der Waals surface area contributed by atoms with Crippen molar-refractivity contribution in [2.75, 3.05) is 0 Å². The van der Waals surface area contributed by atoms with Crippen molar-refractivity contribution in [1.82, 2.24) is 0 Å². The lowest BCUT2D eigenvalue weighted by Gasteiger charge is -2.58. The van der Waals surface area contributed by atoms with Crippen LogP contribution >= 0.6 is 0 Å². The Bertz CT molecular complexity index is 692. The lowest BCUT2D eigenvalue weighted by atomic mass is 9.60. The highest BCUT2D eigenvalue weighted by Gasteiger charge is 2.79. The molecule has 1 spiro atoms. The molecule has 1 aromatic carbocycles. The van der Waals surface area contributed by atoms with E-state index in [-0.39, 0.29) is 23.6 Å². The van der Waals surface area contributed by atoms with Gasteiger partial charge >= 0.3 is 0 Å². The summed E-state index contributed by atoms with van der Waals surface area (Å²) in [5.41, 5.74) is 0.123. The van der Waals surface area contributed by atoms with E-state index in [9.17, 15) is 5.11 Å². The number of hydrogen-bond donors (Lipinski definition) is 1. The molecule has 1 N–H and O–H groups in total. The molecule has 134 valence electrons. The van der Waals surface area contributed by atoms with Crippen molar-refractivity contribution in [2.45, 2.75) is 86.7 Å². The summed E-state index contributed by atoms with van der Waals surface area (Å²) in [6.07, 6.45) is 7.38. The third-order valence-electron chi connectivity index (χ3n) is 7.79. The quantitative estimate of drug-likeness (QED) is 0.849. The highest BCUT2D eigenvalue weighted by atomic mass is 16.8. The van der Waals surface area contributed by atoms with E-state index in [0.717, 1.165) is 44.1 Å². The fourth-order valence-corrected chi connectivity index (χ4v) is 7.00. The van der Waals surface area contributed by atoms with Crippen molar-refractivity contribution in [3.63, 3.8) is 0 Å². The Balaban J connectivity index is 1.51. The molecule has 7 atom stereocenters. The second kappa shape index (κ2) is 4.86. The predicted molar refractivity (Wildman–Crippen MR) is 90.9 cm³/mol. The first-order valence-electron chi connectivity index (χ1n) is 9.96. The molecule has 0 aromatic heterocycles. The maximum Gasteiger partial charge on any atom is 0.185 e. The van der Waals surface area contributed by atoms with E-state index in [0.29, 0.717) is 5.92 Å². The molecule has 3 heterocycles. The van der Waals surface area contributed by atoms with Crippen molar-refractivity contribution < 1.29 is 19.3 Å². The summed E-state index contributed by atoms with van der Waals surface area (Å²) in [5, 5.41) is 10.9. The van der Waals surface area contributed by atoms with Gasteiger partial charge in [-0.2, -0.15) is 0 Å². The van der Waals surface area contributed by atoms with Crippen LogP contribution in [-0.4, -0.2) is 34.1 Å². The van der Waals surface area contributed by atoms with E-state index in [1.54, 1.807) is 0 Å². The van der Waals surface area contributed by atoms with Gasteiger partial charge in [-0.3, -0.25) is 0 Å². The molecule has 5 aliphatic rings. The van der Waals surface area contributed by atoms with Crippen LogP contribution in [0.5, 0.6) is 0 Å². The standard InChI is InChI=1S/C21H26O4/c22-15-13-19-10-6-9-16(19)20-11-4-5-12-21(20,17(15)23-19)25-18(24-20)14-7-2-1-3-8-14/h1-3,7-8,15-18,22H,4-6,9-13H2/t15-,16-,17+,18+,19-,20+,21-/m1/s1. The van der Waals surface area contributed by atoms with E-state index in [4.69, 9.17) is 14.2 Å². The molecule has 2 saturated carbocycles. The van der Waals surface area contributed by atoms with Crippen molar-refractivity contribution in [2.24, 2.45) is 5.92 Å². The topological polar surface area (TPSA) is 47.9 Å². The third kappa shape index (κ3) is 1.68. The molecule has 2 bridgehead atoms. The average Bonchev–Trinajstić information content (AvgIpc) is 3.30. The fourth-order valence-electron chi connectivity index (χ4n) is 7.00. The van der Waals surface area contributed by atoms with Crippen molar-refractivity contribution in [1.29, 1.82) is 0 Å². The highest BCUT2D eigenvalue weighted by Crippen LogP contribution is 2.70. The van der Waals surface area contributed by atoms with Crippen LogP contribution in [0.15, 0.2) is 30.3 Å². The molecule has 3 aliphatic heterocycles. The molecular formula is C21H26O4. The second-order valence-corrected chi connectivity index (χ2v) is 8.78. The van der Waals surface area contributed by atoms with Crippen molar-refractivity contribution >= 4 is 0 Å². The van der Waals surface area contributed by atoms with Gasteiger partial charge in [-0.1, -0.05) is 49.6 Å². The highest BCUT2D eigenvalue weighted by molar-refractivity contribution is 5.29. The largest absolute Gasteiger partial charge is 0.390 e. The first kappa shape index (κ1) is 15.2. The van der Waals surface area contributed by atoms with Gasteiger partial charge in [0.15, 0.2) is 6.29 Å². The molecule has 0 radical (unpaired) electrons. The summed E-state index contributed by atoms with van der Waals surface area (Å²) in [6, 6.07) is 10.3. The fraction of sp³-hybridized carbons (Fsp3) is 0.714. The van der Waals surface area contributed by atoms with Crippen molar-refractivity contribution in [3.8, 4) is 0 Å². The zero-order valence-corrected chi connectivity index (χ0v) is 14.5. The van der Waals surface area contributed by atoms with Gasteiger partial charge in [0.25, 0.3) is 0 Å². The summed E-state index contributed by atoms with van der Waals surface area (Å²) in [4.78, 5) is 0. The van der Waals surface area contributed by atoms with Gasteiger partial charge in [0.05, 0.1) is 11.7 Å². The van der Waals surface area contributed by atoms with Gasteiger partial charge in [-0.05, 0) is 25.7 Å². The zero-order chi connectivity index (χ0) is 16.7. The summed E-state index contributed by atoms with van der Waals surface area (Å²) in [6.45, 7) is 0. The molecule has 4 heteroatoms. The Morgan fingerprint density at radius 2 is 1.64 bits per heavy atom. The summed E-state index contributed by atoms with van der Waals surface area (Å²) < 4.78 is 20.2. The smallest absolute Gasteiger partial charge is 0.185 e. The van der Waals surface area contributed by atoms with Crippen LogP contribution in [-0.2, 0) is 14.2 Å². The van der Waals surface area contributed by atoms with Crippen LogP contribution in [0.25, 0.3) is 0 Å². The maximum absolute atomic E-state index is 10.9. The molecule has 0 unspecified atom stereocenters. The number of aliphatic hydroxyl groups excluding tert-OH is 1. The number of benzene rings is 1. The molecule has 6 rings (SSSR count). The number of aliphatic hydroxyl groups is 1. The van der Waals surface area contributed by atoms with Crippen molar-refractivity contribution in [3.05, 3.63) is 35.9 Å². The van der Waals surface area contributed by atoms with Gasteiger partial charge in [-0.15, -0.1) is 0 Å². The Kier molecular flexibility index (Phi) is 2.94. The number of rotatable bonds is 1. The number of ether oxygens (including phenoxy) is 3. The molecule has 3 saturated heterocycles. The Morgan fingerprint density at radius 1 is 0.880 bits per heavy atom. The molecule has 4 nitrogen and oxygen atoms in total. The van der Waals surface area contributed by atoms with Gasteiger partial charge in [0.1, 0.15) is 17.3 Å². The Hall–Kier alpha value is -0.940. The summed E-state index contributed by atoms with van der Waals surface area (Å²) in [5.74, 6) is 0.349. The van der Waals surface area contributed by atoms with Crippen LogP contribution in [0.2, 0.25) is 0 Å². The average molecular weight is 342 g/mol. The van der Waals surface area contributed by atoms with Crippen LogP contribution in [0.3, 0.4) is 0 Å². The molecule has 1 aromatic rings. The monoisotopic (exact) mass is 342 g/mol. The minimum atomic E-state index is -0.486. The van der Waals surface area contributed by atoms with Crippen LogP contribution in [0.4, 0.5) is 0 Å². The van der Waals surface area contributed by atoms with E-state index in [1.807, 2.05) is 18.2 Å². The minimum absolute atomic E-state index is 0.181. The van der Waals surface area contributed by atoms with Gasteiger partial charge in [0.2, 0.25) is 0 Å². The first-order chi connectivity index (χ1) is 12.2. The van der Waals surface area contributed by atoms with Crippen LogP contribution in [0.1, 0.15) is 63.2 Å². The lowest BCUT2D eigenvalue weighted by molar-refractivity contribution is -0.273. The van der Waals surface area contributed by atoms with Gasteiger partial charge < -0.3 is 19.3 Å². The molecule has 0 amide bonds. The second-order valence-electron chi connectivity index (χ2n) is 8.78. The third-order valence-corrected chi connectivity index (χ3v) is 7.79. The Labute approximate surface area is 148 Å². The summed E-state index contributed by atoms with van der Waals surface area (Å²) in [7, 11) is 0. The summed E-state index contributed by atoms with van der Waals surface area (Å²) >= 11 is 0. The minimum Gasteiger partial charge on any atom is -0.390 e. The van der Waals surface area contributed by atoms with Gasteiger partial charge in [0, 0.05) is 17.9 Å². The lowest BCUT2D eigenvalue weighted by Crippen LogP contribution is -2.71. The normalized spacial score (nSPS) is 53.3. The van der Waals surface area contributed by atoms with E-state index < -0.39 is 11.7 Å². The SMILES string of the molecule is O[C@@H]1C[C@]23CCC[C@H]2[C@@]24CCCC[C@@]2(O[C@@H](c2ccccc2)O4)[C@H]1O3. The number of hydrogen-bond acceptors (Lipinski definition) is 4. The predicted octanol–water partition coefficient (Wildman–Crippen LogP) is 3.49. The maximum atomic E-state index is 10.9. The molecule has 25 heavy (non-hydrogen) atoms. The van der Waals surface area contributed by atoms with Gasteiger partial charge in [-0.25, -0.2) is 0 Å². The first-order valence-corrected chi connectivity index (χ1v) is 9.96.